The molecule has 0 bridgehead atoms. The number of hydrogen-bond acceptors (Lipinski definition) is 2. The minimum atomic E-state index is -1.39. The number of rotatable bonds is 8. The molecule has 0 fully saturated rings. The van der Waals surface area contributed by atoms with Crippen molar-refractivity contribution in [3.05, 3.63) is 0 Å². The zero-order chi connectivity index (χ0) is 13.3. The van der Waals surface area contributed by atoms with Gasteiger partial charge < -0.3 is 4.74 Å². The Kier molecular flexibility index (Phi) is 9.48. The Labute approximate surface area is 119 Å². The third-order valence-electron chi connectivity index (χ3n) is 2.50. The van der Waals surface area contributed by atoms with E-state index >= 15 is 0 Å². The summed E-state index contributed by atoms with van der Waals surface area (Å²) >= 11 is 17.2. The third-order valence-corrected chi connectivity index (χ3v) is 2.97. The molecular weight excluding hydrogens is 282 g/mol. The zero-order valence-corrected chi connectivity index (χ0v) is 12.7. The quantitative estimate of drug-likeness (QED) is 0.362. The highest BCUT2D eigenvalue weighted by Gasteiger charge is 2.30. The van der Waals surface area contributed by atoms with Gasteiger partial charge in [-0.1, -0.05) is 67.4 Å². The summed E-state index contributed by atoms with van der Waals surface area (Å²) in [5, 5.41) is 0. The summed E-state index contributed by atoms with van der Waals surface area (Å²) < 4.78 is 3.61. The molecule has 102 valence electrons. The van der Waals surface area contributed by atoms with Gasteiger partial charge in [-0.05, 0) is 13.3 Å². The van der Waals surface area contributed by atoms with Crippen molar-refractivity contribution in [2.75, 3.05) is 6.61 Å². The molecule has 2 nitrogen and oxygen atoms in total. The third kappa shape index (κ3) is 9.99. The molecule has 0 rings (SSSR count). The fraction of sp³-hybridized carbons (Fsp3) is 0.917. The molecule has 0 amide bonds. The average molecular weight is 304 g/mol. The van der Waals surface area contributed by atoms with Crippen molar-refractivity contribution in [3.63, 3.8) is 0 Å². The van der Waals surface area contributed by atoms with Crippen molar-refractivity contribution in [2.45, 2.75) is 56.2 Å². The molecule has 0 spiro atoms. The first-order valence-corrected chi connectivity index (χ1v) is 7.27. The molecule has 0 saturated carbocycles. The fourth-order valence-corrected chi connectivity index (χ4v) is 2.22. The maximum absolute atomic E-state index is 11.7. The predicted octanol–water partition coefficient (Wildman–Crippen LogP) is 4.90. The molecule has 0 aromatic carbocycles. The van der Waals surface area contributed by atoms with E-state index in [9.17, 15) is 4.79 Å². The lowest BCUT2D eigenvalue weighted by atomic mass is 9.98. The molecular formula is C12H21Cl3O2. The van der Waals surface area contributed by atoms with Crippen LogP contribution in [0.3, 0.4) is 0 Å². The number of halogens is 3. The van der Waals surface area contributed by atoms with Crippen molar-refractivity contribution in [1.82, 2.24) is 0 Å². The Morgan fingerprint density at radius 3 is 2.29 bits per heavy atom. The Bertz CT molecular complexity index is 214. The van der Waals surface area contributed by atoms with Gasteiger partial charge in [-0.15, -0.1) is 0 Å². The molecule has 0 aliphatic heterocycles. The molecule has 17 heavy (non-hydrogen) atoms. The number of carbonyl (C=O) groups excluding carboxylic acids is 1. The zero-order valence-electron chi connectivity index (χ0n) is 10.5. The summed E-state index contributed by atoms with van der Waals surface area (Å²) in [7, 11) is 0. The van der Waals surface area contributed by atoms with Crippen molar-refractivity contribution < 1.29 is 9.53 Å². The number of esters is 1. The van der Waals surface area contributed by atoms with Crippen LogP contribution in [0.4, 0.5) is 0 Å². The number of unbranched alkanes of at least 4 members (excludes halogenated alkanes) is 3. The van der Waals surface area contributed by atoms with Gasteiger partial charge in [0.15, 0.2) is 3.79 Å². The van der Waals surface area contributed by atoms with Gasteiger partial charge in [-0.25, -0.2) is 0 Å². The SMILES string of the molecule is CCCCCCC(CC(Cl)(Cl)Cl)C(=O)OCC. The second kappa shape index (κ2) is 9.29. The maximum Gasteiger partial charge on any atom is 0.309 e. The van der Waals surface area contributed by atoms with Crippen LogP contribution in [0.1, 0.15) is 52.4 Å². The van der Waals surface area contributed by atoms with E-state index in [1.807, 2.05) is 0 Å². The lowest BCUT2D eigenvalue weighted by Gasteiger charge is -2.19. The number of hydrogen-bond donors (Lipinski definition) is 0. The Morgan fingerprint density at radius 1 is 1.18 bits per heavy atom. The van der Waals surface area contributed by atoms with Crippen LogP contribution in [0.5, 0.6) is 0 Å². The van der Waals surface area contributed by atoms with Gasteiger partial charge in [-0.2, -0.15) is 0 Å². The smallest absolute Gasteiger partial charge is 0.309 e. The molecule has 1 atom stereocenters. The summed E-state index contributed by atoms with van der Waals surface area (Å²) in [5.41, 5.74) is 0. The van der Waals surface area contributed by atoms with E-state index in [0.717, 1.165) is 25.7 Å². The van der Waals surface area contributed by atoms with Crippen LogP contribution in [-0.4, -0.2) is 16.4 Å². The lowest BCUT2D eigenvalue weighted by Crippen LogP contribution is -2.23. The minimum absolute atomic E-state index is 0.225. The molecule has 0 aliphatic carbocycles. The summed E-state index contributed by atoms with van der Waals surface area (Å²) in [6.45, 7) is 4.29. The van der Waals surface area contributed by atoms with Gasteiger partial charge in [0.1, 0.15) is 0 Å². The molecule has 0 aromatic rings. The Morgan fingerprint density at radius 2 is 1.82 bits per heavy atom. The van der Waals surface area contributed by atoms with Crippen LogP contribution in [0.15, 0.2) is 0 Å². The average Bonchev–Trinajstić information content (AvgIpc) is 2.21. The molecule has 0 aromatic heterocycles. The molecule has 0 radical (unpaired) electrons. The summed E-state index contributed by atoms with van der Waals surface area (Å²) in [4.78, 5) is 11.7. The van der Waals surface area contributed by atoms with Gasteiger partial charge in [-0.3, -0.25) is 4.79 Å². The van der Waals surface area contributed by atoms with E-state index in [0.29, 0.717) is 6.61 Å². The molecule has 0 heterocycles. The fourth-order valence-electron chi connectivity index (χ4n) is 1.66. The molecule has 5 heteroatoms. The van der Waals surface area contributed by atoms with E-state index in [4.69, 9.17) is 39.5 Å². The summed E-state index contributed by atoms with van der Waals surface area (Å²) in [5.74, 6) is -0.561. The van der Waals surface area contributed by atoms with Crippen LogP contribution in [-0.2, 0) is 9.53 Å². The largest absolute Gasteiger partial charge is 0.466 e. The van der Waals surface area contributed by atoms with Crippen molar-refractivity contribution in [3.8, 4) is 0 Å². The van der Waals surface area contributed by atoms with Gasteiger partial charge >= 0.3 is 5.97 Å². The van der Waals surface area contributed by atoms with Crippen LogP contribution >= 0.6 is 34.8 Å². The highest BCUT2D eigenvalue weighted by Crippen LogP contribution is 2.35. The van der Waals surface area contributed by atoms with E-state index < -0.39 is 3.79 Å². The number of ether oxygens (including phenoxy) is 1. The number of carbonyl (C=O) groups is 1. The van der Waals surface area contributed by atoms with Crippen molar-refractivity contribution in [1.29, 1.82) is 0 Å². The molecule has 0 N–H and O–H groups in total. The topological polar surface area (TPSA) is 26.3 Å². The van der Waals surface area contributed by atoms with Gasteiger partial charge in [0.25, 0.3) is 0 Å². The normalized spacial score (nSPS) is 13.5. The van der Waals surface area contributed by atoms with Crippen LogP contribution in [0.25, 0.3) is 0 Å². The second-order valence-corrected chi connectivity index (χ2v) is 6.63. The van der Waals surface area contributed by atoms with Crippen LogP contribution in [0, 0.1) is 5.92 Å². The predicted molar refractivity (Wildman–Crippen MR) is 73.8 cm³/mol. The number of alkyl halides is 3. The van der Waals surface area contributed by atoms with Crippen LogP contribution < -0.4 is 0 Å². The molecule has 0 aliphatic rings. The first kappa shape index (κ1) is 17.3. The van der Waals surface area contributed by atoms with E-state index in [1.165, 1.54) is 6.42 Å². The van der Waals surface area contributed by atoms with E-state index in [2.05, 4.69) is 6.92 Å². The van der Waals surface area contributed by atoms with Gasteiger partial charge in [0.05, 0.1) is 12.5 Å². The molecule has 1 unspecified atom stereocenters. The Balaban J connectivity index is 4.16. The van der Waals surface area contributed by atoms with E-state index in [1.54, 1.807) is 6.92 Å². The second-order valence-electron chi connectivity index (χ2n) is 4.12. The molecule has 0 saturated heterocycles. The summed E-state index contributed by atoms with van der Waals surface area (Å²) in [6, 6.07) is 0. The van der Waals surface area contributed by atoms with E-state index in [-0.39, 0.29) is 18.3 Å². The highest BCUT2D eigenvalue weighted by atomic mass is 35.6. The van der Waals surface area contributed by atoms with Crippen molar-refractivity contribution in [2.24, 2.45) is 5.92 Å². The van der Waals surface area contributed by atoms with Gasteiger partial charge in [0, 0.05) is 6.42 Å². The minimum Gasteiger partial charge on any atom is -0.466 e. The summed E-state index contributed by atoms with van der Waals surface area (Å²) in [6.07, 6.45) is 5.36. The standard InChI is InChI=1S/C12H21Cl3O2/c1-3-5-6-7-8-10(9-12(13,14)15)11(16)17-4-2/h10H,3-9H2,1-2H3. The van der Waals surface area contributed by atoms with Gasteiger partial charge in [0.2, 0.25) is 0 Å². The first-order valence-electron chi connectivity index (χ1n) is 6.14. The highest BCUT2D eigenvalue weighted by molar-refractivity contribution is 6.67. The first-order chi connectivity index (χ1) is 7.90. The Hall–Kier alpha value is 0.340. The van der Waals surface area contributed by atoms with Crippen molar-refractivity contribution >= 4 is 40.8 Å². The van der Waals surface area contributed by atoms with Crippen LogP contribution in [0.2, 0.25) is 0 Å². The maximum atomic E-state index is 11.7. The lowest BCUT2D eigenvalue weighted by molar-refractivity contribution is -0.148. The monoisotopic (exact) mass is 302 g/mol.